The molecule has 1 aliphatic heterocycles. The van der Waals surface area contributed by atoms with Gasteiger partial charge in [-0.15, -0.1) is 23.7 Å². The second kappa shape index (κ2) is 7.94. The molecule has 0 radical (unpaired) electrons. The predicted molar refractivity (Wildman–Crippen MR) is 115 cm³/mol. The van der Waals surface area contributed by atoms with Crippen molar-refractivity contribution in [1.29, 1.82) is 0 Å². The molecule has 8 heteroatoms. The van der Waals surface area contributed by atoms with E-state index in [1.165, 1.54) is 10.3 Å². The number of piperazine rings is 1. The number of aromatic nitrogens is 4. The van der Waals surface area contributed by atoms with Crippen molar-refractivity contribution in [2.24, 2.45) is 0 Å². The third-order valence-corrected chi connectivity index (χ3v) is 5.64. The van der Waals surface area contributed by atoms with Gasteiger partial charge in [-0.05, 0) is 32.9 Å². The Hall–Kier alpha value is -1.99. The summed E-state index contributed by atoms with van der Waals surface area (Å²) in [5.41, 5.74) is 2.04. The van der Waals surface area contributed by atoms with E-state index in [4.69, 9.17) is 9.97 Å². The fourth-order valence-electron chi connectivity index (χ4n) is 3.44. The zero-order valence-electron chi connectivity index (χ0n) is 16.2. The van der Waals surface area contributed by atoms with Gasteiger partial charge < -0.3 is 9.80 Å². The minimum absolute atomic E-state index is 0. The van der Waals surface area contributed by atoms with Gasteiger partial charge in [-0.25, -0.2) is 19.9 Å². The maximum absolute atomic E-state index is 4.85. The molecular formula is C19H25ClN6S. The number of rotatable bonds is 3. The summed E-state index contributed by atoms with van der Waals surface area (Å²) in [4.78, 5) is 25.8. The summed E-state index contributed by atoms with van der Waals surface area (Å²) in [7, 11) is 0. The minimum Gasteiger partial charge on any atom is -0.352 e. The van der Waals surface area contributed by atoms with Crippen molar-refractivity contribution in [3.8, 4) is 0 Å². The average Bonchev–Trinajstić information content (AvgIpc) is 3.00. The molecule has 144 valence electrons. The number of hydrogen-bond acceptors (Lipinski definition) is 7. The molecule has 0 atom stereocenters. The van der Waals surface area contributed by atoms with E-state index in [1.807, 2.05) is 19.9 Å². The van der Waals surface area contributed by atoms with Crippen molar-refractivity contribution >= 4 is 45.7 Å². The van der Waals surface area contributed by atoms with E-state index in [0.29, 0.717) is 0 Å². The monoisotopic (exact) mass is 404 g/mol. The van der Waals surface area contributed by atoms with Crippen molar-refractivity contribution in [2.75, 3.05) is 36.0 Å². The molecule has 0 amide bonds. The second-order valence-electron chi connectivity index (χ2n) is 6.82. The molecule has 0 saturated carbocycles. The Balaban J connectivity index is 0.00000210. The first-order valence-electron chi connectivity index (χ1n) is 9.12. The summed E-state index contributed by atoms with van der Waals surface area (Å²) in [5, 5.41) is 1.18. The van der Waals surface area contributed by atoms with E-state index in [1.54, 1.807) is 11.3 Å². The molecule has 3 aromatic rings. The van der Waals surface area contributed by atoms with Crippen LogP contribution in [0.1, 0.15) is 29.0 Å². The molecule has 0 aliphatic carbocycles. The Kier molecular flexibility index (Phi) is 5.81. The van der Waals surface area contributed by atoms with Crippen LogP contribution in [-0.4, -0.2) is 46.1 Å². The highest BCUT2D eigenvalue weighted by Crippen LogP contribution is 2.31. The first-order valence-corrected chi connectivity index (χ1v) is 9.94. The van der Waals surface area contributed by atoms with Crippen LogP contribution < -0.4 is 9.80 Å². The Labute approximate surface area is 170 Å². The average molecular weight is 405 g/mol. The quantitative estimate of drug-likeness (QED) is 0.663. The standard InChI is InChI=1S/C19H24N6S.ClH/c1-5-16-22-17(15-11-14(4)26-18(15)23-16)24-6-8-25(9-7-24)19-20-12(2)10-13(3)21-19;/h10-11H,5-9H2,1-4H3;1H. The van der Waals surface area contributed by atoms with Gasteiger partial charge in [0.05, 0.1) is 5.39 Å². The van der Waals surface area contributed by atoms with Crippen molar-refractivity contribution < 1.29 is 0 Å². The van der Waals surface area contributed by atoms with Gasteiger partial charge in [-0.2, -0.15) is 0 Å². The fraction of sp³-hybridized carbons (Fsp3) is 0.474. The van der Waals surface area contributed by atoms with Crippen LogP contribution in [0.4, 0.5) is 11.8 Å². The minimum atomic E-state index is 0. The first-order chi connectivity index (χ1) is 12.5. The Bertz CT molecular complexity index is 929. The zero-order chi connectivity index (χ0) is 18.3. The topological polar surface area (TPSA) is 58.0 Å². The van der Waals surface area contributed by atoms with Crippen LogP contribution in [0.2, 0.25) is 0 Å². The number of nitrogens with zero attached hydrogens (tertiary/aromatic N) is 6. The number of halogens is 1. The lowest BCUT2D eigenvalue weighted by molar-refractivity contribution is 0.633. The van der Waals surface area contributed by atoms with Crippen molar-refractivity contribution in [3.63, 3.8) is 0 Å². The van der Waals surface area contributed by atoms with Crippen molar-refractivity contribution in [2.45, 2.75) is 34.1 Å². The molecule has 3 aromatic heterocycles. The molecule has 1 aliphatic rings. The lowest BCUT2D eigenvalue weighted by Gasteiger charge is -2.35. The molecule has 27 heavy (non-hydrogen) atoms. The molecule has 1 saturated heterocycles. The molecule has 0 N–H and O–H groups in total. The van der Waals surface area contributed by atoms with E-state index < -0.39 is 0 Å². The SMILES string of the molecule is CCc1nc(N2CCN(c3nc(C)cc(C)n3)CC2)c2cc(C)sc2n1.Cl. The molecule has 1 fully saturated rings. The molecule has 0 spiro atoms. The van der Waals surface area contributed by atoms with E-state index in [-0.39, 0.29) is 12.4 Å². The molecule has 6 nitrogen and oxygen atoms in total. The van der Waals surface area contributed by atoms with Gasteiger partial charge >= 0.3 is 0 Å². The maximum Gasteiger partial charge on any atom is 0.225 e. The van der Waals surface area contributed by atoms with Crippen LogP contribution in [0.15, 0.2) is 12.1 Å². The van der Waals surface area contributed by atoms with Gasteiger partial charge in [0.25, 0.3) is 0 Å². The van der Waals surface area contributed by atoms with Crippen LogP contribution in [0.3, 0.4) is 0 Å². The zero-order valence-corrected chi connectivity index (χ0v) is 17.8. The molecule has 4 heterocycles. The lowest BCUT2D eigenvalue weighted by atomic mass is 10.2. The number of anilines is 2. The predicted octanol–water partition coefficient (Wildman–Crippen LogP) is 3.72. The van der Waals surface area contributed by atoms with Crippen LogP contribution in [0, 0.1) is 20.8 Å². The molecular weight excluding hydrogens is 380 g/mol. The highest BCUT2D eigenvalue weighted by Gasteiger charge is 2.23. The van der Waals surface area contributed by atoms with Gasteiger partial charge in [0, 0.05) is 48.9 Å². The summed E-state index contributed by atoms with van der Waals surface area (Å²) in [6.07, 6.45) is 0.857. The van der Waals surface area contributed by atoms with Crippen molar-refractivity contribution in [3.05, 3.63) is 34.2 Å². The van der Waals surface area contributed by atoms with Gasteiger partial charge in [-0.3, -0.25) is 0 Å². The number of hydrogen-bond donors (Lipinski definition) is 0. The summed E-state index contributed by atoms with van der Waals surface area (Å²) >= 11 is 1.75. The largest absolute Gasteiger partial charge is 0.352 e. The summed E-state index contributed by atoms with van der Waals surface area (Å²) in [5.74, 6) is 2.85. The van der Waals surface area contributed by atoms with Crippen LogP contribution in [0.5, 0.6) is 0 Å². The molecule has 0 unspecified atom stereocenters. The number of aryl methyl sites for hydroxylation is 4. The smallest absolute Gasteiger partial charge is 0.225 e. The van der Waals surface area contributed by atoms with Gasteiger partial charge in [0.1, 0.15) is 16.5 Å². The van der Waals surface area contributed by atoms with Gasteiger partial charge in [-0.1, -0.05) is 6.92 Å². The van der Waals surface area contributed by atoms with Crippen LogP contribution in [-0.2, 0) is 6.42 Å². The Morgan fingerprint density at radius 1 is 0.889 bits per heavy atom. The second-order valence-corrected chi connectivity index (χ2v) is 8.05. The lowest BCUT2D eigenvalue weighted by Crippen LogP contribution is -2.47. The summed E-state index contributed by atoms with van der Waals surface area (Å²) in [6.45, 7) is 11.9. The number of fused-ring (bicyclic) bond motifs is 1. The fourth-order valence-corrected chi connectivity index (χ4v) is 4.33. The van der Waals surface area contributed by atoms with Crippen LogP contribution >= 0.6 is 23.7 Å². The highest BCUT2D eigenvalue weighted by molar-refractivity contribution is 7.18. The third-order valence-electron chi connectivity index (χ3n) is 4.69. The molecule has 4 rings (SSSR count). The highest BCUT2D eigenvalue weighted by atomic mass is 35.5. The third kappa shape index (κ3) is 3.99. The molecule has 0 aromatic carbocycles. The van der Waals surface area contributed by atoms with Crippen molar-refractivity contribution in [1.82, 2.24) is 19.9 Å². The van der Waals surface area contributed by atoms with Gasteiger partial charge in [0.15, 0.2) is 0 Å². The van der Waals surface area contributed by atoms with E-state index in [2.05, 4.69) is 39.7 Å². The summed E-state index contributed by atoms with van der Waals surface area (Å²) in [6, 6.07) is 4.23. The van der Waals surface area contributed by atoms with Crippen LogP contribution in [0.25, 0.3) is 10.2 Å². The maximum atomic E-state index is 4.85. The van der Waals surface area contributed by atoms with E-state index >= 15 is 0 Å². The van der Waals surface area contributed by atoms with E-state index in [0.717, 1.165) is 66.4 Å². The van der Waals surface area contributed by atoms with Gasteiger partial charge in [0.2, 0.25) is 5.95 Å². The Morgan fingerprint density at radius 2 is 1.52 bits per heavy atom. The molecule has 0 bridgehead atoms. The number of thiophene rings is 1. The van der Waals surface area contributed by atoms with E-state index in [9.17, 15) is 0 Å². The normalized spacial score (nSPS) is 14.5. The Morgan fingerprint density at radius 3 is 2.15 bits per heavy atom. The first kappa shape index (κ1) is 19.8. The summed E-state index contributed by atoms with van der Waals surface area (Å²) < 4.78 is 0.